The van der Waals surface area contributed by atoms with Crippen LogP contribution in [0.4, 0.5) is 5.69 Å². The first-order valence-electron chi connectivity index (χ1n) is 7.83. The Balaban J connectivity index is 2.33. The quantitative estimate of drug-likeness (QED) is 0.688. The second-order valence-electron chi connectivity index (χ2n) is 5.26. The van der Waals surface area contributed by atoms with Gasteiger partial charge in [0.25, 0.3) is 10.0 Å². The van der Waals surface area contributed by atoms with Gasteiger partial charge in [0, 0.05) is 13.1 Å². The zero-order chi connectivity index (χ0) is 19.3. The van der Waals surface area contributed by atoms with E-state index in [0.29, 0.717) is 22.7 Å². The number of ether oxygens (including phenoxy) is 3. The van der Waals surface area contributed by atoms with Crippen molar-refractivity contribution in [2.24, 2.45) is 0 Å². The summed E-state index contributed by atoms with van der Waals surface area (Å²) >= 11 is 0. The summed E-state index contributed by atoms with van der Waals surface area (Å²) in [7, 11) is 0.613. The number of esters is 1. The number of hydrogen-bond donors (Lipinski definition) is 0. The molecule has 0 unspecified atom stereocenters. The maximum atomic E-state index is 12.8. The maximum absolute atomic E-state index is 12.8. The molecule has 0 fully saturated rings. The van der Waals surface area contributed by atoms with E-state index in [4.69, 9.17) is 14.2 Å². The predicted molar refractivity (Wildman–Crippen MR) is 97.5 cm³/mol. The van der Waals surface area contributed by atoms with Gasteiger partial charge in [-0.25, -0.2) is 13.2 Å². The molecule has 0 N–H and O–H groups in total. The van der Waals surface area contributed by atoms with E-state index >= 15 is 0 Å². The fraction of sp³-hybridized carbons (Fsp3) is 0.278. The van der Waals surface area contributed by atoms with Crippen LogP contribution in [0.2, 0.25) is 0 Å². The third-order valence-corrected chi connectivity index (χ3v) is 5.55. The molecule has 2 aromatic carbocycles. The van der Waals surface area contributed by atoms with Crippen molar-refractivity contribution < 1.29 is 27.4 Å². The van der Waals surface area contributed by atoms with Crippen LogP contribution in [0.25, 0.3) is 0 Å². The minimum absolute atomic E-state index is 0.0582. The van der Waals surface area contributed by atoms with Crippen LogP contribution in [0, 0.1) is 0 Å². The fourth-order valence-corrected chi connectivity index (χ4v) is 3.48. The van der Waals surface area contributed by atoms with Gasteiger partial charge in [-0.05, 0) is 43.3 Å². The van der Waals surface area contributed by atoms with Gasteiger partial charge >= 0.3 is 5.97 Å². The number of sulfonamides is 1. The van der Waals surface area contributed by atoms with Gasteiger partial charge in [0.1, 0.15) is 0 Å². The molecule has 0 aliphatic rings. The first-order chi connectivity index (χ1) is 12.3. The van der Waals surface area contributed by atoms with Crippen molar-refractivity contribution in [2.45, 2.75) is 11.8 Å². The van der Waals surface area contributed by atoms with Crippen molar-refractivity contribution >= 4 is 21.7 Å². The van der Waals surface area contributed by atoms with Crippen LogP contribution >= 0.6 is 0 Å². The lowest BCUT2D eigenvalue weighted by molar-refractivity contribution is 0.0526. The molecule has 8 heteroatoms. The normalized spacial score (nSPS) is 10.9. The molecule has 2 rings (SSSR count). The lowest BCUT2D eigenvalue weighted by Gasteiger charge is -2.21. The number of carbonyl (C=O) groups is 1. The van der Waals surface area contributed by atoms with Crippen molar-refractivity contribution in [3.63, 3.8) is 0 Å². The lowest BCUT2D eigenvalue weighted by atomic mass is 10.2. The second-order valence-corrected chi connectivity index (χ2v) is 7.23. The molecule has 0 amide bonds. The summed E-state index contributed by atoms with van der Waals surface area (Å²) in [4.78, 5) is 11.7. The summed E-state index contributed by atoms with van der Waals surface area (Å²) in [5.41, 5.74) is 0.705. The Hall–Kier alpha value is -2.74. The summed E-state index contributed by atoms with van der Waals surface area (Å²) in [5, 5.41) is 0. The van der Waals surface area contributed by atoms with Crippen molar-refractivity contribution in [3.8, 4) is 11.5 Å². The number of carbonyl (C=O) groups excluding carboxylic acids is 1. The van der Waals surface area contributed by atoms with Crippen LogP contribution in [0.1, 0.15) is 17.3 Å². The van der Waals surface area contributed by atoms with Gasteiger partial charge in [0.15, 0.2) is 11.5 Å². The van der Waals surface area contributed by atoms with Crippen molar-refractivity contribution in [3.05, 3.63) is 48.0 Å². The SMILES string of the molecule is CCOC(=O)c1ccc(S(=O)(=O)N(C)c2ccc(OC)c(OC)c2)cc1. The number of nitrogens with zero attached hydrogens (tertiary/aromatic N) is 1. The fourth-order valence-electron chi connectivity index (χ4n) is 2.30. The largest absolute Gasteiger partial charge is 0.493 e. The molecule has 0 aliphatic heterocycles. The standard InChI is InChI=1S/C18H21NO6S/c1-5-25-18(20)13-6-9-15(10-7-13)26(21,22)19(2)14-8-11-16(23-3)17(12-14)24-4/h6-12H,5H2,1-4H3. The van der Waals surface area contributed by atoms with Gasteiger partial charge in [-0.1, -0.05) is 0 Å². The van der Waals surface area contributed by atoms with Gasteiger partial charge in [0.2, 0.25) is 0 Å². The molecule has 2 aromatic rings. The van der Waals surface area contributed by atoms with E-state index in [2.05, 4.69) is 0 Å². The molecule has 0 saturated heterocycles. The number of benzene rings is 2. The van der Waals surface area contributed by atoms with Gasteiger partial charge in [-0.2, -0.15) is 0 Å². The van der Waals surface area contributed by atoms with Crippen LogP contribution in [0.5, 0.6) is 11.5 Å². The molecule has 7 nitrogen and oxygen atoms in total. The molecule has 0 radical (unpaired) electrons. The number of rotatable bonds is 7. The first-order valence-corrected chi connectivity index (χ1v) is 9.27. The average Bonchev–Trinajstić information content (AvgIpc) is 2.67. The number of hydrogen-bond acceptors (Lipinski definition) is 6. The minimum atomic E-state index is -3.81. The highest BCUT2D eigenvalue weighted by Gasteiger charge is 2.23. The molecular formula is C18H21NO6S. The Kier molecular flexibility index (Phi) is 6.10. The van der Waals surface area contributed by atoms with E-state index in [1.165, 1.54) is 45.5 Å². The minimum Gasteiger partial charge on any atom is -0.493 e. The average molecular weight is 379 g/mol. The van der Waals surface area contributed by atoms with Gasteiger partial charge < -0.3 is 14.2 Å². The number of anilines is 1. The van der Waals surface area contributed by atoms with Crippen molar-refractivity contribution in [1.82, 2.24) is 0 Å². The monoisotopic (exact) mass is 379 g/mol. The van der Waals surface area contributed by atoms with Crippen molar-refractivity contribution in [1.29, 1.82) is 0 Å². The molecule has 0 bridgehead atoms. The molecule has 0 aliphatic carbocycles. The van der Waals surface area contributed by atoms with Crippen molar-refractivity contribution in [2.75, 3.05) is 32.2 Å². The molecule has 0 atom stereocenters. The molecule has 0 heterocycles. The molecule has 0 saturated carbocycles. The van der Waals surface area contributed by atoms with E-state index < -0.39 is 16.0 Å². The third kappa shape index (κ3) is 3.91. The van der Waals surface area contributed by atoms with Crippen LogP contribution in [0.3, 0.4) is 0 Å². The maximum Gasteiger partial charge on any atom is 0.338 e. The lowest BCUT2D eigenvalue weighted by Crippen LogP contribution is -2.26. The Bertz CT molecular complexity index is 877. The Labute approximate surface area is 153 Å². The van der Waals surface area contributed by atoms with Gasteiger partial charge in [0.05, 0.1) is 37.0 Å². The molecule has 0 spiro atoms. The van der Waals surface area contributed by atoms with E-state index in [1.54, 1.807) is 25.1 Å². The summed E-state index contributed by atoms with van der Waals surface area (Å²) in [6, 6.07) is 10.4. The number of methoxy groups -OCH3 is 2. The smallest absolute Gasteiger partial charge is 0.338 e. The van der Waals surface area contributed by atoms with E-state index in [-0.39, 0.29) is 11.5 Å². The van der Waals surface area contributed by atoms with E-state index in [1.807, 2.05) is 0 Å². The zero-order valence-electron chi connectivity index (χ0n) is 15.1. The van der Waals surface area contributed by atoms with Gasteiger partial charge in [-0.3, -0.25) is 4.31 Å². The van der Waals surface area contributed by atoms with Gasteiger partial charge in [-0.15, -0.1) is 0 Å². The van der Waals surface area contributed by atoms with E-state index in [0.717, 1.165) is 4.31 Å². The third-order valence-electron chi connectivity index (χ3n) is 3.75. The summed E-state index contributed by atoms with van der Waals surface area (Å²) in [6.45, 7) is 1.95. The Morgan fingerprint density at radius 2 is 1.62 bits per heavy atom. The Morgan fingerprint density at radius 3 is 2.15 bits per heavy atom. The summed E-state index contributed by atoms with van der Waals surface area (Å²) in [6.07, 6.45) is 0. The topological polar surface area (TPSA) is 82.1 Å². The van der Waals surface area contributed by atoms with E-state index in [9.17, 15) is 13.2 Å². The molecule has 26 heavy (non-hydrogen) atoms. The highest BCUT2D eigenvalue weighted by Crippen LogP contribution is 2.33. The molecule has 140 valence electrons. The summed E-state index contributed by atoms with van der Waals surface area (Å²) in [5.74, 6) is 0.426. The van der Waals surface area contributed by atoms with Crippen LogP contribution in [-0.4, -0.2) is 42.3 Å². The highest BCUT2D eigenvalue weighted by atomic mass is 32.2. The second kappa shape index (κ2) is 8.09. The van der Waals surface area contributed by atoms with Crippen LogP contribution in [0.15, 0.2) is 47.4 Å². The molecule has 0 aromatic heterocycles. The van der Waals surface area contributed by atoms with Crippen LogP contribution < -0.4 is 13.8 Å². The molecular weight excluding hydrogens is 358 g/mol. The Morgan fingerprint density at radius 1 is 1.00 bits per heavy atom. The zero-order valence-corrected chi connectivity index (χ0v) is 15.9. The summed E-state index contributed by atoms with van der Waals surface area (Å²) < 4.78 is 42.1. The highest BCUT2D eigenvalue weighted by molar-refractivity contribution is 7.92. The predicted octanol–water partition coefficient (Wildman–Crippen LogP) is 2.71. The first kappa shape index (κ1) is 19.6. The van der Waals surface area contributed by atoms with Crippen LogP contribution in [-0.2, 0) is 14.8 Å².